The van der Waals surface area contributed by atoms with Crippen molar-refractivity contribution < 1.29 is 23.4 Å². The van der Waals surface area contributed by atoms with Crippen molar-refractivity contribution in [3.63, 3.8) is 0 Å². The Morgan fingerprint density at radius 3 is 3.00 bits per heavy atom. The number of nitrogens with zero attached hydrogens (tertiary/aromatic N) is 1. The Kier molecular flexibility index (Phi) is 4.16. The highest BCUT2D eigenvalue weighted by Gasteiger charge is 2.26. The van der Waals surface area contributed by atoms with Crippen molar-refractivity contribution in [2.24, 2.45) is 0 Å². The van der Waals surface area contributed by atoms with E-state index in [1.54, 1.807) is 10.8 Å². The summed E-state index contributed by atoms with van der Waals surface area (Å²) < 4.78 is 34.7. The first kappa shape index (κ1) is 15.7. The van der Waals surface area contributed by atoms with Crippen LogP contribution in [-0.4, -0.2) is 27.2 Å². The molecule has 1 aliphatic rings. The molecule has 0 spiro atoms. The number of aryl methyl sites for hydroxylation is 1. The SMILES string of the molecule is O=C(O)CCc1c[nH]c(=S)n1[C@H]1COc2c(F)cc(F)cc2C1. The summed E-state index contributed by atoms with van der Waals surface area (Å²) in [5.74, 6) is -2.22. The van der Waals surface area contributed by atoms with E-state index in [0.717, 1.165) is 11.8 Å². The Balaban J connectivity index is 1.90. The van der Waals surface area contributed by atoms with Gasteiger partial charge in [-0.1, -0.05) is 0 Å². The van der Waals surface area contributed by atoms with Gasteiger partial charge in [0, 0.05) is 29.9 Å². The molecule has 0 unspecified atom stereocenters. The van der Waals surface area contributed by atoms with Crippen molar-refractivity contribution in [1.82, 2.24) is 9.55 Å². The van der Waals surface area contributed by atoms with Crippen LogP contribution in [0.3, 0.4) is 0 Å². The Labute approximate surface area is 135 Å². The second kappa shape index (κ2) is 6.11. The van der Waals surface area contributed by atoms with E-state index in [1.165, 1.54) is 6.07 Å². The lowest BCUT2D eigenvalue weighted by molar-refractivity contribution is -0.137. The van der Waals surface area contributed by atoms with Crippen LogP contribution in [0.5, 0.6) is 5.75 Å². The first-order chi connectivity index (χ1) is 11.0. The second-order valence-electron chi connectivity index (χ2n) is 5.39. The number of imidazole rings is 1. The molecule has 3 rings (SSSR count). The zero-order chi connectivity index (χ0) is 16.6. The Morgan fingerprint density at radius 2 is 2.26 bits per heavy atom. The normalized spacial score (nSPS) is 16.7. The molecule has 2 N–H and O–H groups in total. The number of benzene rings is 1. The number of ether oxygens (including phenoxy) is 1. The first-order valence-corrected chi connectivity index (χ1v) is 7.48. The molecule has 0 saturated carbocycles. The fourth-order valence-electron chi connectivity index (χ4n) is 2.83. The average Bonchev–Trinajstić information content (AvgIpc) is 2.85. The highest BCUT2D eigenvalue weighted by molar-refractivity contribution is 7.71. The predicted octanol–water partition coefficient (Wildman–Crippen LogP) is 3.02. The highest BCUT2D eigenvalue weighted by Crippen LogP contribution is 2.33. The summed E-state index contributed by atoms with van der Waals surface area (Å²) in [7, 11) is 0. The van der Waals surface area contributed by atoms with Gasteiger partial charge in [-0.05, 0) is 24.7 Å². The first-order valence-electron chi connectivity index (χ1n) is 7.07. The van der Waals surface area contributed by atoms with Gasteiger partial charge in [0.05, 0.1) is 12.5 Å². The van der Waals surface area contributed by atoms with E-state index in [1.807, 2.05) is 0 Å². The van der Waals surface area contributed by atoms with Crippen LogP contribution in [-0.2, 0) is 17.6 Å². The summed E-state index contributed by atoms with van der Waals surface area (Å²) in [6, 6.07) is 1.79. The Hall–Kier alpha value is -2.22. The predicted molar refractivity (Wildman–Crippen MR) is 80.2 cm³/mol. The van der Waals surface area contributed by atoms with Gasteiger partial charge in [0.1, 0.15) is 12.4 Å². The maximum Gasteiger partial charge on any atom is 0.303 e. The lowest BCUT2D eigenvalue weighted by Crippen LogP contribution is -2.26. The smallest absolute Gasteiger partial charge is 0.303 e. The number of hydrogen-bond acceptors (Lipinski definition) is 3. The zero-order valence-corrected chi connectivity index (χ0v) is 12.8. The number of hydrogen-bond donors (Lipinski definition) is 2. The van der Waals surface area contributed by atoms with Crippen LogP contribution in [0.2, 0.25) is 0 Å². The van der Waals surface area contributed by atoms with E-state index < -0.39 is 17.6 Å². The van der Waals surface area contributed by atoms with Gasteiger partial charge < -0.3 is 19.4 Å². The molecular formula is C15H14F2N2O3S. The standard InChI is InChI=1S/C15H14F2N2O3S/c16-9-3-8-4-11(7-22-14(8)12(17)5-9)19-10(1-2-13(20)21)6-18-15(19)23/h3,5-6,11H,1-2,4,7H2,(H,18,23)(H,20,21)/t11-/m1/s1. The summed E-state index contributed by atoms with van der Waals surface area (Å²) in [5.41, 5.74) is 1.16. The number of carbonyl (C=O) groups is 1. The van der Waals surface area contributed by atoms with Crippen LogP contribution >= 0.6 is 12.2 Å². The summed E-state index contributed by atoms with van der Waals surface area (Å²) >= 11 is 5.24. The van der Waals surface area contributed by atoms with Crippen LogP contribution in [0.1, 0.15) is 23.7 Å². The number of aliphatic carboxylic acids is 1. The van der Waals surface area contributed by atoms with Gasteiger partial charge in [-0.25, -0.2) is 8.78 Å². The molecule has 0 saturated heterocycles. The van der Waals surface area contributed by atoms with Crippen molar-refractivity contribution in [1.29, 1.82) is 0 Å². The molecule has 23 heavy (non-hydrogen) atoms. The summed E-state index contributed by atoms with van der Waals surface area (Å²) in [5, 5.41) is 8.82. The van der Waals surface area contributed by atoms with Gasteiger partial charge in [-0.3, -0.25) is 4.79 Å². The highest BCUT2D eigenvalue weighted by atomic mass is 32.1. The van der Waals surface area contributed by atoms with Crippen molar-refractivity contribution in [2.75, 3.05) is 6.61 Å². The fourth-order valence-corrected chi connectivity index (χ4v) is 3.15. The van der Waals surface area contributed by atoms with Crippen LogP contribution in [0.4, 0.5) is 8.78 Å². The van der Waals surface area contributed by atoms with Crippen LogP contribution in [0, 0.1) is 16.4 Å². The molecule has 2 heterocycles. The number of rotatable bonds is 4. The molecule has 5 nitrogen and oxygen atoms in total. The van der Waals surface area contributed by atoms with Crippen molar-refractivity contribution in [2.45, 2.75) is 25.3 Å². The van der Waals surface area contributed by atoms with Crippen molar-refractivity contribution in [3.8, 4) is 5.75 Å². The molecule has 2 aromatic rings. The second-order valence-corrected chi connectivity index (χ2v) is 5.78. The van der Waals surface area contributed by atoms with Crippen LogP contribution in [0.15, 0.2) is 18.3 Å². The minimum Gasteiger partial charge on any atom is -0.488 e. The monoisotopic (exact) mass is 340 g/mol. The Bertz CT molecular complexity index is 816. The lowest BCUT2D eigenvalue weighted by Gasteiger charge is -2.27. The van der Waals surface area contributed by atoms with E-state index in [9.17, 15) is 13.6 Å². The van der Waals surface area contributed by atoms with Crippen molar-refractivity contribution >= 4 is 18.2 Å². The topological polar surface area (TPSA) is 67.2 Å². The molecule has 0 bridgehead atoms. The molecule has 0 amide bonds. The van der Waals surface area contributed by atoms with Crippen molar-refractivity contribution in [3.05, 3.63) is 46.0 Å². The van der Waals surface area contributed by atoms with Gasteiger partial charge >= 0.3 is 5.97 Å². The molecule has 0 radical (unpaired) electrons. The average molecular weight is 340 g/mol. The third-order valence-corrected chi connectivity index (χ3v) is 4.13. The van der Waals surface area contributed by atoms with E-state index in [2.05, 4.69) is 4.98 Å². The Morgan fingerprint density at radius 1 is 1.48 bits per heavy atom. The molecule has 0 fully saturated rings. The number of fused-ring (bicyclic) bond motifs is 1. The largest absolute Gasteiger partial charge is 0.488 e. The number of carboxylic acids is 1. The maximum absolute atomic E-state index is 13.7. The third-order valence-electron chi connectivity index (χ3n) is 3.81. The minimum absolute atomic E-state index is 0.0277. The third kappa shape index (κ3) is 3.12. The molecule has 1 aromatic carbocycles. The van der Waals surface area contributed by atoms with Gasteiger partial charge in [-0.15, -0.1) is 0 Å². The zero-order valence-electron chi connectivity index (χ0n) is 12.0. The summed E-state index contributed by atoms with van der Waals surface area (Å²) in [4.78, 5) is 13.6. The van der Waals surface area contributed by atoms with Gasteiger partial charge in [0.15, 0.2) is 16.3 Å². The minimum atomic E-state index is -0.905. The number of halogens is 2. The summed E-state index contributed by atoms with van der Waals surface area (Å²) in [6.45, 7) is 0.182. The molecule has 1 atom stereocenters. The van der Waals surface area contributed by atoms with E-state index >= 15 is 0 Å². The van der Waals surface area contributed by atoms with E-state index in [-0.39, 0.29) is 24.8 Å². The number of nitrogens with one attached hydrogen (secondary N) is 1. The van der Waals surface area contributed by atoms with Crippen LogP contribution in [0.25, 0.3) is 0 Å². The van der Waals surface area contributed by atoms with Gasteiger partial charge in [0.25, 0.3) is 0 Å². The quantitative estimate of drug-likeness (QED) is 0.840. The molecular weight excluding hydrogens is 326 g/mol. The number of aromatic amines is 1. The maximum atomic E-state index is 13.7. The summed E-state index contributed by atoms with van der Waals surface area (Å²) in [6.07, 6.45) is 2.30. The number of aromatic nitrogens is 2. The number of carboxylic acid groups (broad SMARTS) is 1. The fraction of sp³-hybridized carbons (Fsp3) is 0.333. The van der Waals surface area contributed by atoms with Crippen LogP contribution < -0.4 is 4.74 Å². The molecule has 122 valence electrons. The lowest BCUT2D eigenvalue weighted by atomic mass is 10.0. The van der Waals surface area contributed by atoms with E-state index in [4.69, 9.17) is 22.1 Å². The van der Waals surface area contributed by atoms with Gasteiger partial charge in [-0.2, -0.15) is 0 Å². The molecule has 0 aliphatic carbocycles. The number of H-pyrrole nitrogens is 1. The molecule has 8 heteroatoms. The van der Waals surface area contributed by atoms with Gasteiger partial charge in [0.2, 0.25) is 0 Å². The van der Waals surface area contributed by atoms with E-state index in [0.29, 0.717) is 23.2 Å². The molecule has 1 aliphatic heterocycles. The molecule has 1 aromatic heterocycles.